The third-order valence-corrected chi connectivity index (χ3v) is 3.68. The third-order valence-electron chi connectivity index (χ3n) is 3.45. The number of halogens is 1. The van der Waals surface area contributed by atoms with Gasteiger partial charge in [0.15, 0.2) is 11.5 Å². The first-order valence-corrected chi connectivity index (χ1v) is 7.85. The van der Waals surface area contributed by atoms with E-state index in [0.29, 0.717) is 28.8 Å². The van der Waals surface area contributed by atoms with E-state index in [1.165, 1.54) is 0 Å². The Morgan fingerprint density at radius 2 is 1.92 bits per heavy atom. The van der Waals surface area contributed by atoms with Gasteiger partial charge < -0.3 is 14.8 Å². The van der Waals surface area contributed by atoms with Gasteiger partial charge in [0.1, 0.15) is 0 Å². The summed E-state index contributed by atoms with van der Waals surface area (Å²) in [5.41, 5.74) is 1.63. The highest BCUT2D eigenvalue weighted by atomic mass is 35.5. The van der Waals surface area contributed by atoms with Gasteiger partial charge in [-0.1, -0.05) is 29.8 Å². The van der Waals surface area contributed by atoms with Crippen molar-refractivity contribution in [1.29, 1.82) is 0 Å². The summed E-state index contributed by atoms with van der Waals surface area (Å²) in [6.07, 6.45) is 0. The predicted molar refractivity (Wildman–Crippen MR) is 96.0 cm³/mol. The van der Waals surface area contributed by atoms with Crippen LogP contribution in [0.4, 0.5) is 5.69 Å². The molecular weight excluding hydrogens is 328 g/mol. The topological polar surface area (TPSA) is 50.8 Å². The summed E-state index contributed by atoms with van der Waals surface area (Å²) in [6, 6.07) is 12.8. The zero-order valence-corrected chi connectivity index (χ0v) is 14.8. The number of nitrogens with one attached hydrogen (secondary N) is 1. The molecule has 0 unspecified atom stereocenters. The molecule has 6 heteroatoms. The van der Waals surface area contributed by atoms with Gasteiger partial charge in [-0.15, -0.1) is 0 Å². The van der Waals surface area contributed by atoms with Gasteiger partial charge in [-0.25, -0.2) is 0 Å². The molecule has 0 saturated carbocycles. The van der Waals surface area contributed by atoms with Crippen LogP contribution in [0.1, 0.15) is 5.56 Å². The van der Waals surface area contributed by atoms with Gasteiger partial charge in [-0.3, -0.25) is 9.69 Å². The normalized spacial score (nSPS) is 10.5. The molecule has 0 spiro atoms. The van der Waals surface area contributed by atoms with Crippen molar-refractivity contribution < 1.29 is 14.3 Å². The first-order valence-electron chi connectivity index (χ1n) is 7.47. The highest BCUT2D eigenvalue weighted by Gasteiger charge is 2.13. The van der Waals surface area contributed by atoms with Crippen LogP contribution in [0, 0.1) is 0 Å². The number of carbonyl (C=O) groups excluding carboxylic acids is 1. The lowest BCUT2D eigenvalue weighted by Crippen LogP contribution is -2.30. The Kier molecular flexibility index (Phi) is 6.46. The van der Waals surface area contributed by atoms with Gasteiger partial charge in [0.2, 0.25) is 5.91 Å². The van der Waals surface area contributed by atoms with Crippen LogP contribution in [0.3, 0.4) is 0 Å². The van der Waals surface area contributed by atoms with Gasteiger partial charge in [0.05, 0.1) is 20.8 Å². The summed E-state index contributed by atoms with van der Waals surface area (Å²) in [7, 11) is 5.08. The van der Waals surface area contributed by atoms with Crippen molar-refractivity contribution in [3.05, 3.63) is 53.1 Å². The number of amides is 1. The van der Waals surface area contributed by atoms with Gasteiger partial charge in [0.25, 0.3) is 0 Å². The number of hydrogen-bond acceptors (Lipinski definition) is 4. The SMILES string of the molecule is COc1cccc(CN(C)CC(=O)Nc2cccc(Cl)c2)c1OC. The second-order valence-electron chi connectivity index (χ2n) is 5.38. The summed E-state index contributed by atoms with van der Waals surface area (Å²) >= 11 is 5.92. The Hall–Kier alpha value is -2.24. The van der Waals surface area contributed by atoms with Crippen LogP contribution >= 0.6 is 11.6 Å². The average molecular weight is 349 g/mol. The summed E-state index contributed by atoms with van der Waals surface area (Å²) in [5.74, 6) is 1.25. The largest absolute Gasteiger partial charge is 0.493 e. The molecule has 0 aliphatic heterocycles. The first-order chi connectivity index (χ1) is 11.5. The minimum atomic E-state index is -0.110. The fourth-order valence-corrected chi connectivity index (χ4v) is 2.63. The molecule has 0 aliphatic rings. The molecule has 0 saturated heterocycles. The van der Waals surface area contributed by atoms with E-state index < -0.39 is 0 Å². The second-order valence-corrected chi connectivity index (χ2v) is 5.82. The molecule has 2 aromatic carbocycles. The summed E-state index contributed by atoms with van der Waals surface area (Å²) in [5, 5.41) is 3.42. The number of likely N-dealkylation sites (N-methyl/N-ethyl adjacent to an activating group) is 1. The van der Waals surface area contributed by atoms with Gasteiger partial charge in [0, 0.05) is 22.8 Å². The van der Waals surface area contributed by atoms with E-state index in [9.17, 15) is 4.79 Å². The molecule has 0 heterocycles. The number of anilines is 1. The lowest BCUT2D eigenvalue weighted by molar-refractivity contribution is -0.117. The number of carbonyl (C=O) groups is 1. The molecule has 0 bridgehead atoms. The van der Waals surface area contributed by atoms with Crippen LogP contribution in [0.15, 0.2) is 42.5 Å². The monoisotopic (exact) mass is 348 g/mol. The Morgan fingerprint density at radius 3 is 2.58 bits per heavy atom. The molecule has 0 fully saturated rings. The smallest absolute Gasteiger partial charge is 0.238 e. The number of nitrogens with zero attached hydrogens (tertiary/aromatic N) is 1. The van der Waals surface area contributed by atoms with E-state index in [1.54, 1.807) is 38.5 Å². The van der Waals surface area contributed by atoms with E-state index in [0.717, 1.165) is 5.56 Å². The molecule has 128 valence electrons. The van der Waals surface area contributed by atoms with E-state index in [-0.39, 0.29) is 12.5 Å². The fraction of sp³-hybridized carbons (Fsp3) is 0.278. The number of benzene rings is 2. The van der Waals surface area contributed by atoms with Crippen LogP contribution < -0.4 is 14.8 Å². The minimum absolute atomic E-state index is 0.110. The van der Waals surface area contributed by atoms with Crippen molar-refractivity contribution >= 4 is 23.2 Å². The maximum Gasteiger partial charge on any atom is 0.238 e. The molecule has 2 aromatic rings. The number of methoxy groups -OCH3 is 2. The Bertz CT molecular complexity index is 706. The number of ether oxygens (including phenoxy) is 2. The highest BCUT2D eigenvalue weighted by molar-refractivity contribution is 6.30. The maximum absolute atomic E-state index is 12.2. The highest BCUT2D eigenvalue weighted by Crippen LogP contribution is 2.31. The van der Waals surface area contributed by atoms with Gasteiger partial charge >= 0.3 is 0 Å². The van der Waals surface area contributed by atoms with Crippen LogP contribution in [0.2, 0.25) is 5.02 Å². The van der Waals surface area contributed by atoms with Crippen LogP contribution in [0.5, 0.6) is 11.5 Å². The average Bonchev–Trinajstić information content (AvgIpc) is 2.54. The zero-order valence-electron chi connectivity index (χ0n) is 14.0. The molecule has 0 atom stereocenters. The number of rotatable bonds is 7. The van der Waals surface area contributed by atoms with Crippen molar-refractivity contribution in [2.24, 2.45) is 0 Å². The third kappa shape index (κ3) is 4.88. The molecule has 5 nitrogen and oxygen atoms in total. The molecular formula is C18H21ClN2O3. The molecule has 0 radical (unpaired) electrons. The maximum atomic E-state index is 12.2. The summed E-state index contributed by atoms with van der Waals surface area (Å²) < 4.78 is 10.7. The fourth-order valence-electron chi connectivity index (χ4n) is 2.44. The van der Waals surface area contributed by atoms with Gasteiger partial charge in [-0.05, 0) is 31.3 Å². The van der Waals surface area contributed by atoms with Crippen LogP contribution in [-0.4, -0.2) is 38.6 Å². The van der Waals surface area contributed by atoms with Gasteiger partial charge in [-0.2, -0.15) is 0 Å². The molecule has 0 aliphatic carbocycles. The zero-order chi connectivity index (χ0) is 17.5. The number of para-hydroxylation sites is 1. The molecule has 1 amide bonds. The predicted octanol–water partition coefficient (Wildman–Crippen LogP) is 3.43. The van der Waals surface area contributed by atoms with Crippen molar-refractivity contribution in [1.82, 2.24) is 4.90 Å². The van der Waals surface area contributed by atoms with E-state index >= 15 is 0 Å². The lowest BCUT2D eigenvalue weighted by atomic mass is 10.1. The van der Waals surface area contributed by atoms with Crippen LogP contribution in [-0.2, 0) is 11.3 Å². The van der Waals surface area contributed by atoms with E-state index in [4.69, 9.17) is 21.1 Å². The van der Waals surface area contributed by atoms with Crippen molar-refractivity contribution in [3.63, 3.8) is 0 Å². The Labute approximate surface area is 147 Å². The van der Waals surface area contributed by atoms with Crippen molar-refractivity contribution in [2.45, 2.75) is 6.54 Å². The van der Waals surface area contributed by atoms with Crippen molar-refractivity contribution in [2.75, 3.05) is 33.1 Å². The van der Waals surface area contributed by atoms with Crippen molar-refractivity contribution in [3.8, 4) is 11.5 Å². The minimum Gasteiger partial charge on any atom is -0.493 e. The summed E-state index contributed by atoms with van der Waals surface area (Å²) in [6.45, 7) is 0.802. The summed E-state index contributed by atoms with van der Waals surface area (Å²) in [4.78, 5) is 14.1. The Balaban J connectivity index is 1.98. The molecule has 1 N–H and O–H groups in total. The number of hydrogen-bond donors (Lipinski definition) is 1. The first kappa shape index (κ1) is 18.1. The standard InChI is InChI=1S/C18H21ClN2O3/c1-21(11-13-6-4-9-16(23-2)18(13)24-3)12-17(22)20-15-8-5-7-14(19)10-15/h4-10H,11-12H2,1-3H3,(H,20,22). The Morgan fingerprint density at radius 1 is 1.17 bits per heavy atom. The molecule has 0 aromatic heterocycles. The molecule has 2 rings (SSSR count). The molecule has 24 heavy (non-hydrogen) atoms. The lowest BCUT2D eigenvalue weighted by Gasteiger charge is -2.19. The van der Waals surface area contributed by atoms with E-state index in [1.807, 2.05) is 30.1 Å². The van der Waals surface area contributed by atoms with Crippen LogP contribution in [0.25, 0.3) is 0 Å². The van der Waals surface area contributed by atoms with E-state index in [2.05, 4.69) is 5.32 Å². The quantitative estimate of drug-likeness (QED) is 0.833. The second kappa shape index (κ2) is 8.57.